The lowest BCUT2D eigenvalue weighted by atomic mass is 10.1. The van der Waals surface area contributed by atoms with Gasteiger partial charge in [0.25, 0.3) is 10.1 Å². The Kier molecular flexibility index (Phi) is 3.51. The van der Waals surface area contributed by atoms with Crippen LogP contribution in [0.2, 0.25) is 0 Å². The molecule has 0 aromatic heterocycles. The normalized spacial score (nSPS) is 11.7. The van der Waals surface area contributed by atoms with Crippen LogP contribution in [0.5, 0.6) is 0 Å². The van der Waals surface area contributed by atoms with Gasteiger partial charge in [0.1, 0.15) is 0 Å². The topological polar surface area (TPSA) is 92.4 Å². The van der Waals surface area contributed by atoms with Crippen LogP contribution in [0.25, 0.3) is 10.8 Å². The lowest BCUT2D eigenvalue weighted by Gasteiger charge is -2.07. The number of benzene rings is 2. The molecule has 0 atom stereocenters. The summed E-state index contributed by atoms with van der Waals surface area (Å²) >= 11 is 0. The van der Waals surface area contributed by atoms with E-state index in [1.165, 1.54) is 12.1 Å². The number of hydrogen-bond acceptors (Lipinski definition) is 4. The van der Waals surface area contributed by atoms with Crippen LogP contribution in [0, 0.1) is 0 Å². The molecule has 96 valence electrons. The molecule has 6 heteroatoms. The molecule has 2 aromatic rings. The van der Waals surface area contributed by atoms with Crippen LogP contribution >= 0.6 is 0 Å². The lowest BCUT2D eigenvalue weighted by molar-refractivity contribution is 0.483. The molecule has 2 rings (SSSR count). The highest BCUT2D eigenvalue weighted by molar-refractivity contribution is 7.85. The van der Waals surface area contributed by atoms with Crippen molar-refractivity contribution in [2.75, 3.05) is 18.4 Å². The van der Waals surface area contributed by atoms with Crippen molar-refractivity contribution in [3.8, 4) is 0 Å². The van der Waals surface area contributed by atoms with E-state index in [2.05, 4.69) is 5.32 Å². The number of hydrogen-bond donors (Lipinski definition) is 3. The van der Waals surface area contributed by atoms with Gasteiger partial charge in [0.2, 0.25) is 0 Å². The average Bonchev–Trinajstić information content (AvgIpc) is 2.34. The van der Waals surface area contributed by atoms with Crippen LogP contribution in [-0.4, -0.2) is 26.1 Å². The zero-order valence-electron chi connectivity index (χ0n) is 9.63. The van der Waals surface area contributed by atoms with Gasteiger partial charge in [-0.1, -0.05) is 12.1 Å². The molecule has 0 aliphatic carbocycles. The van der Waals surface area contributed by atoms with Crippen molar-refractivity contribution in [1.29, 1.82) is 0 Å². The number of rotatable bonds is 4. The molecule has 18 heavy (non-hydrogen) atoms. The summed E-state index contributed by atoms with van der Waals surface area (Å²) in [5, 5.41) is 4.75. The highest BCUT2D eigenvalue weighted by atomic mass is 32.2. The van der Waals surface area contributed by atoms with Gasteiger partial charge < -0.3 is 11.1 Å². The molecule has 0 unspecified atom stereocenters. The van der Waals surface area contributed by atoms with Gasteiger partial charge in [0.15, 0.2) is 0 Å². The van der Waals surface area contributed by atoms with Crippen molar-refractivity contribution in [2.45, 2.75) is 4.90 Å². The maximum atomic E-state index is 11.1. The second-order valence-electron chi connectivity index (χ2n) is 3.91. The van der Waals surface area contributed by atoms with E-state index in [1.807, 2.05) is 18.2 Å². The smallest absolute Gasteiger partial charge is 0.294 e. The predicted molar refractivity (Wildman–Crippen MR) is 71.3 cm³/mol. The average molecular weight is 266 g/mol. The monoisotopic (exact) mass is 266 g/mol. The molecule has 0 fully saturated rings. The van der Waals surface area contributed by atoms with Crippen LogP contribution in [0.1, 0.15) is 0 Å². The summed E-state index contributed by atoms with van der Waals surface area (Å²) in [6.07, 6.45) is 0. The molecule has 0 radical (unpaired) electrons. The van der Waals surface area contributed by atoms with Gasteiger partial charge in [-0.3, -0.25) is 4.55 Å². The molecular weight excluding hydrogens is 252 g/mol. The van der Waals surface area contributed by atoms with Crippen molar-refractivity contribution in [3.63, 3.8) is 0 Å². The number of nitrogens with one attached hydrogen (secondary N) is 1. The first kappa shape index (κ1) is 12.8. The standard InChI is InChI=1S/C12H14N2O3S/c13-5-6-14-11-3-1-9-2-4-12(18(15,16)17)8-10(9)7-11/h1-4,7-8,14H,5-6,13H2,(H,15,16,17). The van der Waals surface area contributed by atoms with Gasteiger partial charge in [-0.15, -0.1) is 0 Å². The first-order chi connectivity index (χ1) is 8.50. The van der Waals surface area contributed by atoms with E-state index >= 15 is 0 Å². The van der Waals surface area contributed by atoms with Crippen molar-refractivity contribution >= 4 is 26.6 Å². The Hall–Kier alpha value is -1.63. The van der Waals surface area contributed by atoms with Gasteiger partial charge in [0, 0.05) is 18.8 Å². The van der Waals surface area contributed by atoms with E-state index in [-0.39, 0.29) is 4.90 Å². The van der Waals surface area contributed by atoms with Gasteiger partial charge in [-0.2, -0.15) is 8.42 Å². The summed E-state index contributed by atoms with van der Waals surface area (Å²) < 4.78 is 31.1. The van der Waals surface area contributed by atoms with Gasteiger partial charge >= 0.3 is 0 Å². The van der Waals surface area contributed by atoms with E-state index in [0.717, 1.165) is 16.5 Å². The van der Waals surface area contributed by atoms with E-state index in [0.29, 0.717) is 13.1 Å². The van der Waals surface area contributed by atoms with Crippen LogP contribution in [0.4, 0.5) is 5.69 Å². The molecular formula is C12H14N2O3S. The summed E-state index contributed by atoms with van der Waals surface area (Å²) in [6.45, 7) is 1.16. The zero-order valence-corrected chi connectivity index (χ0v) is 10.4. The molecule has 0 bridgehead atoms. The Morgan fingerprint density at radius 2 is 1.83 bits per heavy atom. The van der Waals surface area contributed by atoms with Gasteiger partial charge in [0.05, 0.1) is 4.90 Å². The third kappa shape index (κ3) is 2.79. The Bertz CT molecular complexity index is 668. The largest absolute Gasteiger partial charge is 0.384 e. The number of nitrogens with two attached hydrogens (primary N) is 1. The fraction of sp³-hybridized carbons (Fsp3) is 0.167. The molecule has 0 heterocycles. The van der Waals surface area contributed by atoms with Gasteiger partial charge in [-0.05, 0) is 35.0 Å². The van der Waals surface area contributed by atoms with E-state index in [9.17, 15) is 8.42 Å². The summed E-state index contributed by atoms with van der Waals surface area (Å²) in [5.41, 5.74) is 6.26. The van der Waals surface area contributed by atoms with Crippen molar-refractivity contribution in [2.24, 2.45) is 5.73 Å². The quantitative estimate of drug-likeness (QED) is 0.728. The van der Waals surface area contributed by atoms with Crippen LogP contribution in [-0.2, 0) is 10.1 Å². The fourth-order valence-corrected chi connectivity index (χ4v) is 2.23. The molecule has 4 N–H and O–H groups in total. The van der Waals surface area contributed by atoms with Crippen LogP contribution < -0.4 is 11.1 Å². The van der Waals surface area contributed by atoms with E-state index in [1.54, 1.807) is 6.07 Å². The second kappa shape index (κ2) is 4.93. The molecule has 0 aliphatic rings. The molecule has 0 aliphatic heterocycles. The number of fused-ring (bicyclic) bond motifs is 1. The molecule has 0 saturated carbocycles. The van der Waals surface area contributed by atoms with Crippen LogP contribution in [0.15, 0.2) is 41.3 Å². The Labute approximate surface area is 105 Å². The van der Waals surface area contributed by atoms with Crippen molar-refractivity contribution in [1.82, 2.24) is 0 Å². The summed E-state index contributed by atoms with van der Waals surface area (Å²) in [5.74, 6) is 0. The second-order valence-corrected chi connectivity index (χ2v) is 5.34. The number of anilines is 1. The Balaban J connectivity index is 2.46. The van der Waals surface area contributed by atoms with Crippen molar-refractivity contribution in [3.05, 3.63) is 36.4 Å². The Morgan fingerprint density at radius 3 is 2.50 bits per heavy atom. The van der Waals surface area contributed by atoms with E-state index < -0.39 is 10.1 Å². The van der Waals surface area contributed by atoms with Gasteiger partial charge in [-0.25, -0.2) is 0 Å². The zero-order chi connectivity index (χ0) is 13.2. The summed E-state index contributed by atoms with van der Waals surface area (Å²) in [6, 6.07) is 10.1. The van der Waals surface area contributed by atoms with Crippen molar-refractivity contribution < 1.29 is 13.0 Å². The lowest BCUT2D eigenvalue weighted by Crippen LogP contribution is -2.12. The minimum absolute atomic E-state index is 0.106. The third-order valence-electron chi connectivity index (χ3n) is 2.58. The predicted octanol–water partition coefficient (Wildman–Crippen LogP) is 1.46. The molecule has 0 spiro atoms. The highest BCUT2D eigenvalue weighted by Crippen LogP contribution is 2.22. The first-order valence-corrected chi connectivity index (χ1v) is 6.90. The maximum absolute atomic E-state index is 11.1. The molecule has 2 aromatic carbocycles. The molecule has 0 saturated heterocycles. The highest BCUT2D eigenvalue weighted by Gasteiger charge is 2.09. The fourth-order valence-electron chi connectivity index (χ4n) is 1.71. The molecule has 0 amide bonds. The Morgan fingerprint density at radius 1 is 1.11 bits per heavy atom. The first-order valence-electron chi connectivity index (χ1n) is 5.46. The van der Waals surface area contributed by atoms with E-state index in [4.69, 9.17) is 10.3 Å². The molecule has 5 nitrogen and oxygen atoms in total. The summed E-state index contributed by atoms with van der Waals surface area (Å²) in [7, 11) is -4.16. The summed E-state index contributed by atoms with van der Waals surface area (Å²) in [4.78, 5) is -0.106. The minimum atomic E-state index is -4.16. The SMILES string of the molecule is NCCNc1ccc2ccc(S(=O)(=O)O)cc2c1. The maximum Gasteiger partial charge on any atom is 0.294 e. The van der Waals surface area contributed by atoms with Crippen LogP contribution in [0.3, 0.4) is 0 Å². The third-order valence-corrected chi connectivity index (χ3v) is 3.43. The minimum Gasteiger partial charge on any atom is -0.384 e.